The molecule has 0 aliphatic rings. The Morgan fingerprint density at radius 2 is 2.00 bits per heavy atom. The molecule has 10 nitrogen and oxygen atoms in total. The number of carbonyl (C=O) groups excluding carboxylic acids is 1. The van der Waals surface area contributed by atoms with Gasteiger partial charge >= 0.3 is 11.9 Å². The van der Waals surface area contributed by atoms with Gasteiger partial charge in [-0.2, -0.15) is 0 Å². The molecule has 0 aliphatic carbocycles. The smallest absolute Gasteiger partial charge is 0.333 e. The molecule has 0 saturated heterocycles. The normalized spacial score (nSPS) is 11.9. The van der Waals surface area contributed by atoms with Crippen molar-refractivity contribution in [3.63, 3.8) is 0 Å². The summed E-state index contributed by atoms with van der Waals surface area (Å²) in [6, 6.07) is 10.9. The van der Waals surface area contributed by atoms with E-state index in [1.54, 1.807) is 24.3 Å². The first-order valence-corrected chi connectivity index (χ1v) is 10.0. The first kappa shape index (κ1) is 24.0. The van der Waals surface area contributed by atoms with Gasteiger partial charge in [0.05, 0.1) is 13.1 Å². The molecule has 2 aromatic carbocycles. The number of rotatable bonds is 10. The van der Waals surface area contributed by atoms with Crippen LogP contribution in [0.5, 0.6) is 0 Å². The van der Waals surface area contributed by atoms with E-state index in [0.717, 1.165) is 0 Å². The number of aromatic nitrogens is 4. The Bertz CT molecular complexity index is 1150. The van der Waals surface area contributed by atoms with E-state index >= 15 is 0 Å². The number of nitrogens with zero attached hydrogens (tertiary/aromatic N) is 5. The van der Waals surface area contributed by atoms with Crippen molar-refractivity contribution < 1.29 is 24.2 Å². The van der Waals surface area contributed by atoms with E-state index in [0.29, 0.717) is 21.7 Å². The van der Waals surface area contributed by atoms with E-state index in [4.69, 9.17) is 16.7 Å². The van der Waals surface area contributed by atoms with Crippen molar-refractivity contribution in [2.45, 2.75) is 19.2 Å². The Hall–Kier alpha value is -3.67. The van der Waals surface area contributed by atoms with Gasteiger partial charge in [-0.1, -0.05) is 41.9 Å². The predicted molar refractivity (Wildman–Crippen MR) is 116 cm³/mol. The molecule has 0 unspecified atom stereocenters. The zero-order chi connectivity index (χ0) is 24.0. The van der Waals surface area contributed by atoms with Crippen LogP contribution < -0.4 is 5.43 Å². The summed E-state index contributed by atoms with van der Waals surface area (Å²) in [6.45, 7) is 3.38. The summed E-state index contributed by atoms with van der Waals surface area (Å²) >= 11 is 5.96. The van der Waals surface area contributed by atoms with Crippen LogP contribution in [0.25, 0.3) is 11.1 Å². The lowest BCUT2D eigenvalue weighted by Crippen LogP contribution is -2.47. The van der Waals surface area contributed by atoms with Gasteiger partial charge in [-0.15, -0.1) is 11.7 Å². The van der Waals surface area contributed by atoms with Crippen molar-refractivity contribution >= 4 is 23.5 Å². The number of nitrogens with one attached hydrogen (secondary N) is 1. The van der Waals surface area contributed by atoms with Gasteiger partial charge in [0, 0.05) is 17.1 Å². The van der Waals surface area contributed by atoms with Crippen molar-refractivity contribution in [1.82, 2.24) is 30.6 Å². The molecular weight excluding hydrogens is 455 g/mol. The van der Waals surface area contributed by atoms with Crippen LogP contribution in [0.4, 0.5) is 4.39 Å². The summed E-state index contributed by atoms with van der Waals surface area (Å²) in [7, 11) is 0. The molecule has 0 bridgehead atoms. The molecule has 1 heterocycles. The summed E-state index contributed by atoms with van der Waals surface area (Å²) in [5.41, 5.74) is 4.08. The molecule has 0 aliphatic heterocycles. The second-order valence-electron chi connectivity index (χ2n) is 6.97. The minimum atomic E-state index is -1.76. The van der Waals surface area contributed by atoms with E-state index in [1.165, 1.54) is 34.0 Å². The van der Waals surface area contributed by atoms with E-state index < -0.39 is 30.3 Å². The lowest BCUT2D eigenvalue weighted by molar-refractivity contribution is -0.148. The highest BCUT2D eigenvalue weighted by Gasteiger charge is 2.23. The molecule has 0 spiro atoms. The van der Waals surface area contributed by atoms with Gasteiger partial charge in [-0.05, 0) is 39.8 Å². The standard InChI is InChI=1S/C21H20ClFN6O4/c1-2-9-29-19(24-26-27-29)20(31)25-28(12-18(30)21(32)33)11-13-3-5-14(6-4-13)16-10-15(22)7-8-17(16)23/h2-8,10,18,30H,1,9,11-12H2,(H,25,31)(H,32,33)/t18-/m1/s1. The minimum Gasteiger partial charge on any atom is -0.479 e. The van der Waals surface area contributed by atoms with Crippen LogP contribution in [0, 0.1) is 5.82 Å². The van der Waals surface area contributed by atoms with Gasteiger partial charge in [0.1, 0.15) is 5.82 Å². The SMILES string of the molecule is C=CCn1nnnc1C(=O)NN(Cc1ccc(-c2cc(Cl)ccc2F)cc1)C[C@@H](O)C(=O)O. The Morgan fingerprint density at radius 3 is 2.67 bits per heavy atom. The number of tetrazole rings is 1. The molecule has 0 fully saturated rings. The number of allylic oxidation sites excluding steroid dienone is 1. The zero-order valence-corrected chi connectivity index (χ0v) is 18.0. The highest BCUT2D eigenvalue weighted by molar-refractivity contribution is 6.30. The summed E-state index contributed by atoms with van der Waals surface area (Å²) in [5, 5.41) is 31.3. The molecule has 3 aromatic rings. The fourth-order valence-corrected chi connectivity index (χ4v) is 3.14. The number of hydrogen-bond donors (Lipinski definition) is 3. The molecular formula is C21H20ClFN6O4. The van der Waals surface area contributed by atoms with Crippen LogP contribution in [0.2, 0.25) is 5.02 Å². The third-order valence-electron chi connectivity index (χ3n) is 4.54. The average Bonchev–Trinajstić information content (AvgIpc) is 3.24. The van der Waals surface area contributed by atoms with Gasteiger partial charge in [0.2, 0.25) is 5.82 Å². The average molecular weight is 475 g/mol. The van der Waals surface area contributed by atoms with Crippen molar-refractivity contribution in [1.29, 1.82) is 0 Å². The van der Waals surface area contributed by atoms with Gasteiger partial charge in [0.15, 0.2) is 6.10 Å². The summed E-state index contributed by atoms with van der Waals surface area (Å²) in [6.07, 6.45) is -0.252. The fraction of sp³-hybridized carbons (Fsp3) is 0.190. The van der Waals surface area contributed by atoms with Crippen LogP contribution in [0.3, 0.4) is 0 Å². The molecule has 0 radical (unpaired) electrons. The van der Waals surface area contributed by atoms with Crippen LogP contribution in [-0.2, 0) is 17.9 Å². The molecule has 33 heavy (non-hydrogen) atoms. The Morgan fingerprint density at radius 1 is 1.27 bits per heavy atom. The zero-order valence-electron chi connectivity index (χ0n) is 17.2. The number of carboxylic acid groups (broad SMARTS) is 1. The van der Waals surface area contributed by atoms with Gasteiger partial charge < -0.3 is 10.2 Å². The maximum Gasteiger partial charge on any atom is 0.333 e. The molecule has 3 N–H and O–H groups in total. The van der Waals surface area contributed by atoms with Crippen molar-refractivity contribution in [3.05, 3.63) is 77.3 Å². The predicted octanol–water partition coefficient (Wildman–Crippen LogP) is 1.91. The van der Waals surface area contributed by atoms with E-state index in [2.05, 4.69) is 27.5 Å². The van der Waals surface area contributed by atoms with Crippen LogP contribution in [0.15, 0.2) is 55.1 Å². The molecule has 3 rings (SSSR count). The Balaban J connectivity index is 1.79. The van der Waals surface area contributed by atoms with E-state index in [-0.39, 0.29) is 18.9 Å². The van der Waals surface area contributed by atoms with Crippen LogP contribution in [-0.4, -0.2) is 60.0 Å². The summed E-state index contributed by atoms with van der Waals surface area (Å²) < 4.78 is 15.3. The lowest BCUT2D eigenvalue weighted by Gasteiger charge is -2.24. The Kier molecular flexibility index (Phi) is 7.83. The third-order valence-corrected chi connectivity index (χ3v) is 4.78. The number of aliphatic hydroxyl groups excluding tert-OH is 1. The summed E-state index contributed by atoms with van der Waals surface area (Å²) in [5.74, 6) is -2.69. The van der Waals surface area contributed by atoms with Crippen molar-refractivity contribution in [3.8, 4) is 11.1 Å². The minimum absolute atomic E-state index is 0.0391. The number of aliphatic hydroxyl groups is 1. The first-order valence-electron chi connectivity index (χ1n) is 9.66. The van der Waals surface area contributed by atoms with Crippen LogP contribution in [0.1, 0.15) is 16.2 Å². The van der Waals surface area contributed by atoms with Crippen molar-refractivity contribution in [2.24, 2.45) is 0 Å². The largest absolute Gasteiger partial charge is 0.479 e. The Labute approximate surface area is 192 Å². The van der Waals surface area contributed by atoms with Crippen molar-refractivity contribution in [2.75, 3.05) is 6.54 Å². The number of halogens is 2. The lowest BCUT2D eigenvalue weighted by atomic mass is 10.0. The second kappa shape index (κ2) is 10.8. The molecule has 12 heteroatoms. The molecule has 172 valence electrons. The number of hydrogen-bond acceptors (Lipinski definition) is 7. The maximum absolute atomic E-state index is 14.1. The van der Waals surface area contributed by atoms with Gasteiger partial charge in [0.25, 0.3) is 0 Å². The molecule has 1 atom stereocenters. The van der Waals surface area contributed by atoms with E-state index in [1.807, 2.05) is 0 Å². The monoisotopic (exact) mass is 474 g/mol. The number of benzene rings is 2. The molecule has 0 saturated carbocycles. The second-order valence-corrected chi connectivity index (χ2v) is 7.41. The first-order chi connectivity index (χ1) is 15.8. The number of aliphatic carboxylic acids is 1. The van der Waals surface area contributed by atoms with E-state index in [9.17, 15) is 19.1 Å². The molecule has 1 amide bonds. The highest BCUT2D eigenvalue weighted by atomic mass is 35.5. The quantitative estimate of drug-likeness (QED) is 0.300. The third kappa shape index (κ3) is 6.19. The van der Waals surface area contributed by atoms with Gasteiger partial charge in [-0.3, -0.25) is 10.2 Å². The number of hydrazine groups is 1. The topological polar surface area (TPSA) is 133 Å². The maximum atomic E-state index is 14.1. The van der Waals surface area contributed by atoms with Crippen LogP contribution >= 0.6 is 11.6 Å². The van der Waals surface area contributed by atoms with Gasteiger partial charge in [-0.25, -0.2) is 18.9 Å². The fourth-order valence-electron chi connectivity index (χ4n) is 2.97. The number of amides is 1. The molecule has 1 aromatic heterocycles. The summed E-state index contributed by atoms with van der Waals surface area (Å²) in [4.78, 5) is 23.7. The number of carboxylic acids is 1. The number of carbonyl (C=O) groups is 2. The highest BCUT2D eigenvalue weighted by Crippen LogP contribution is 2.26.